The first kappa shape index (κ1) is 43.1. The fourth-order valence-electron chi connectivity index (χ4n) is 7.84. The van der Waals surface area contributed by atoms with Crippen molar-refractivity contribution in [3.63, 3.8) is 0 Å². The number of hydrogen-bond donors (Lipinski definition) is 1. The number of nitrogens with zero attached hydrogens (tertiary/aromatic N) is 2. The summed E-state index contributed by atoms with van der Waals surface area (Å²) in [5, 5.41) is 5.40. The highest BCUT2D eigenvalue weighted by molar-refractivity contribution is 5.32. The zero-order chi connectivity index (χ0) is 33.1. The zero-order valence-electron chi connectivity index (χ0n) is 29.6. The van der Waals surface area contributed by atoms with Crippen LogP contribution in [0.5, 0.6) is 0 Å². The molecular formula is C39H71N3O3. The van der Waals surface area contributed by atoms with Crippen molar-refractivity contribution in [2.24, 2.45) is 33.7 Å². The molecule has 0 spiro atoms. The van der Waals surface area contributed by atoms with E-state index in [2.05, 4.69) is 23.8 Å². The first-order valence-corrected chi connectivity index (χ1v) is 19.3. The van der Waals surface area contributed by atoms with Crippen molar-refractivity contribution in [1.29, 1.82) is 5.41 Å². The maximum Gasteiger partial charge on any atom is 0.234 e. The molecule has 0 heterocycles. The number of rotatable bonds is 30. The van der Waals surface area contributed by atoms with E-state index in [9.17, 15) is 9.59 Å². The summed E-state index contributed by atoms with van der Waals surface area (Å²) in [6, 6.07) is 0. The molecule has 1 saturated carbocycles. The fraction of sp³-hybridized carbons (Fsp3) is 0.923. The molecule has 0 aromatic rings. The predicted octanol–water partition coefficient (Wildman–Crippen LogP) is 12.0. The molecule has 260 valence electrons. The number of aliphatic imine (C=N–C) groups is 2. The summed E-state index contributed by atoms with van der Waals surface area (Å²) in [6.45, 7) is 6.00. The van der Waals surface area contributed by atoms with E-state index in [4.69, 9.17) is 10.2 Å². The lowest BCUT2D eigenvalue weighted by molar-refractivity contribution is 0.0581. The highest BCUT2D eigenvalue weighted by Crippen LogP contribution is 2.47. The molecule has 0 bridgehead atoms. The first-order chi connectivity index (χ1) is 22.2. The molecule has 45 heavy (non-hydrogen) atoms. The SMILES string of the molecule is CCCCCCCC1C(CCCCC)CCC(CCCCCCCCCN=C=O)C1CCCCCCCCCN=C=O.N=C=O. The summed E-state index contributed by atoms with van der Waals surface area (Å²) in [5.41, 5.74) is 0. The maximum atomic E-state index is 10.2. The average molecular weight is 630 g/mol. The van der Waals surface area contributed by atoms with Crippen LogP contribution < -0.4 is 0 Å². The van der Waals surface area contributed by atoms with Crippen LogP contribution in [0, 0.1) is 29.1 Å². The van der Waals surface area contributed by atoms with Gasteiger partial charge in [-0.05, 0) is 62.2 Å². The summed E-state index contributed by atoms with van der Waals surface area (Å²) in [7, 11) is 0. The van der Waals surface area contributed by atoms with Crippen molar-refractivity contribution >= 4 is 18.2 Å². The van der Waals surface area contributed by atoms with Crippen LogP contribution in [0.4, 0.5) is 0 Å². The van der Waals surface area contributed by atoms with Gasteiger partial charge in [0.15, 0.2) is 0 Å². The molecule has 4 atom stereocenters. The van der Waals surface area contributed by atoms with E-state index in [1.54, 1.807) is 12.2 Å². The van der Waals surface area contributed by atoms with Gasteiger partial charge >= 0.3 is 0 Å². The van der Waals surface area contributed by atoms with Crippen molar-refractivity contribution in [1.82, 2.24) is 0 Å². The number of unbranched alkanes of at least 4 members (excludes halogenated alkanes) is 18. The van der Waals surface area contributed by atoms with Crippen molar-refractivity contribution in [2.45, 2.75) is 194 Å². The second kappa shape index (κ2) is 35.0. The van der Waals surface area contributed by atoms with Gasteiger partial charge in [-0.25, -0.2) is 29.8 Å². The number of isocyanates is 3. The minimum absolute atomic E-state index is 0.657. The van der Waals surface area contributed by atoms with Gasteiger partial charge in [-0.15, -0.1) is 0 Å². The minimum atomic E-state index is 0.657. The van der Waals surface area contributed by atoms with Gasteiger partial charge in [0.2, 0.25) is 18.2 Å². The second-order valence-corrected chi connectivity index (χ2v) is 13.7. The van der Waals surface area contributed by atoms with Crippen molar-refractivity contribution in [3.05, 3.63) is 0 Å². The molecule has 0 radical (unpaired) electrons. The van der Waals surface area contributed by atoms with Gasteiger partial charge in [0, 0.05) is 0 Å². The molecule has 0 aromatic carbocycles. The Morgan fingerprint density at radius 3 is 1.13 bits per heavy atom. The lowest BCUT2D eigenvalue weighted by atomic mass is 9.61. The van der Waals surface area contributed by atoms with Gasteiger partial charge in [-0.3, -0.25) is 0 Å². The normalized spacial score (nSPS) is 19.1. The average Bonchev–Trinajstić information content (AvgIpc) is 3.04. The third-order valence-electron chi connectivity index (χ3n) is 10.3. The molecule has 1 aliphatic carbocycles. The third-order valence-corrected chi connectivity index (χ3v) is 10.3. The van der Waals surface area contributed by atoms with E-state index in [-0.39, 0.29) is 0 Å². The van der Waals surface area contributed by atoms with Crippen molar-refractivity contribution in [3.8, 4) is 0 Å². The Hall–Kier alpha value is -1.86. The largest absolute Gasteiger partial charge is 0.234 e. The van der Waals surface area contributed by atoms with Gasteiger partial charge in [0.25, 0.3) is 0 Å². The molecule has 1 N–H and O–H groups in total. The smallest absolute Gasteiger partial charge is 0.222 e. The van der Waals surface area contributed by atoms with E-state index in [0.29, 0.717) is 13.1 Å². The quantitative estimate of drug-likeness (QED) is 0.0486. The van der Waals surface area contributed by atoms with E-state index in [1.807, 2.05) is 0 Å². The Morgan fingerprint density at radius 1 is 0.467 bits per heavy atom. The fourth-order valence-corrected chi connectivity index (χ4v) is 7.84. The number of hydrogen-bond acceptors (Lipinski definition) is 6. The maximum absolute atomic E-state index is 10.2. The molecule has 0 amide bonds. The summed E-state index contributed by atoms with van der Waals surface area (Å²) in [4.78, 5) is 36.1. The molecule has 0 aliphatic heterocycles. The Labute approximate surface area is 278 Å². The molecule has 1 aliphatic rings. The van der Waals surface area contributed by atoms with Crippen LogP contribution in [-0.2, 0) is 14.4 Å². The highest BCUT2D eigenvalue weighted by atomic mass is 16.1. The molecular weight excluding hydrogens is 558 g/mol. The molecule has 6 nitrogen and oxygen atoms in total. The lowest BCUT2D eigenvalue weighted by Gasteiger charge is -2.44. The first-order valence-electron chi connectivity index (χ1n) is 19.3. The highest BCUT2D eigenvalue weighted by Gasteiger charge is 2.37. The second-order valence-electron chi connectivity index (χ2n) is 13.7. The monoisotopic (exact) mass is 630 g/mol. The Bertz CT molecular complexity index is 769. The standard InChI is InChI=1S/C38H70N2O2.CHNO/c1-3-5-7-14-21-27-37-35(25-19-6-4-2)29-30-36(26-20-15-10-8-12-17-23-31-39-33-41)38(37)28-22-16-11-9-13-18-24-32-40-34-42;2-1-3/h35-38H,3-32H2,1-2H3;2H. The summed E-state index contributed by atoms with van der Waals surface area (Å²) < 4.78 is 0. The van der Waals surface area contributed by atoms with Gasteiger partial charge < -0.3 is 0 Å². The van der Waals surface area contributed by atoms with Crippen LogP contribution >= 0.6 is 0 Å². The Balaban J connectivity index is 0.00000618. The van der Waals surface area contributed by atoms with E-state index in [1.165, 1.54) is 167 Å². The summed E-state index contributed by atoms with van der Waals surface area (Å²) in [5.74, 6) is 3.90. The summed E-state index contributed by atoms with van der Waals surface area (Å²) in [6.07, 6.45) is 42.4. The minimum Gasteiger partial charge on any atom is -0.222 e. The van der Waals surface area contributed by atoms with Gasteiger partial charge in [0.05, 0.1) is 13.1 Å². The Kier molecular flexibility index (Phi) is 33.6. The van der Waals surface area contributed by atoms with E-state index in [0.717, 1.165) is 42.6 Å². The molecule has 6 heteroatoms. The van der Waals surface area contributed by atoms with Crippen LogP contribution in [0.2, 0.25) is 0 Å². The van der Waals surface area contributed by atoms with Crippen LogP contribution in [-0.4, -0.2) is 31.3 Å². The zero-order valence-corrected chi connectivity index (χ0v) is 29.6. The van der Waals surface area contributed by atoms with Gasteiger partial charge in [-0.2, -0.15) is 0 Å². The summed E-state index contributed by atoms with van der Waals surface area (Å²) >= 11 is 0. The predicted molar refractivity (Wildman–Crippen MR) is 189 cm³/mol. The van der Waals surface area contributed by atoms with Gasteiger partial charge in [-0.1, -0.05) is 155 Å². The van der Waals surface area contributed by atoms with Crippen molar-refractivity contribution < 1.29 is 14.4 Å². The number of carbonyl (C=O) groups excluding carboxylic acids is 3. The third kappa shape index (κ3) is 26.0. The number of nitrogens with one attached hydrogen (secondary N) is 1. The van der Waals surface area contributed by atoms with E-state index >= 15 is 0 Å². The van der Waals surface area contributed by atoms with Crippen LogP contribution in [0.3, 0.4) is 0 Å². The van der Waals surface area contributed by atoms with Gasteiger partial charge in [0.1, 0.15) is 0 Å². The van der Waals surface area contributed by atoms with Crippen LogP contribution in [0.1, 0.15) is 194 Å². The lowest BCUT2D eigenvalue weighted by Crippen LogP contribution is -2.35. The topological polar surface area (TPSA) is 99.8 Å². The van der Waals surface area contributed by atoms with Crippen molar-refractivity contribution in [2.75, 3.05) is 13.1 Å². The van der Waals surface area contributed by atoms with Crippen LogP contribution in [0.25, 0.3) is 0 Å². The molecule has 4 unspecified atom stereocenters. The van der Waals surface area contributed by atoms with E-state index < -0.39 is 0 Å². The molecule has 0 aromatic heterocycles. The molecule has 1 rings (SSSR count). The Morgan fingerprint density at radius 2 is 0.756 bits per heavy atom. The molecule has 1 fully saturated rings. The van der Waals surface area contributed by atoms with Crippen LogP contribution in [0.15, 0.2) is 9.98 Å². The molecule has 0 saturated heterocycles.